The maximum absolute atomic E-state index is 5.94. The van der Waals surface area contributed by atoms with E-state index in [1.807, 2.05) is 30.3 Å². The van der Waals surface area contributed by atoms with Gasteiger partial charge in [-0.2, -0.15) is 0 Å². The van der Waals surface area contributed by atoms with Crippen LogP contribution in [0.4, 0.5) is 0 Å². The van der Waals surface area contributed by atoms with Crippen LogP contribution in [0.1, 0.15) is 18.1 Å². The minimum Gasteiger partial charge on any atom is -0.492 e. The molecule has 0 spiro atoms. The van der Waals surface area contributed by atoms with Crippen LogP contribution in [0.25, 0.3) is 0 Å². The molecule has 21 heavy (non-hydrogen) atoms. The summed E-state index contributed by atoms with van der Waals surface area (Å²) in [6.07, 6.45) is 0. The van der Waals surface area contributed by atoms with Crippen LogP contribution in [0.2, 0.25) is 5.02 Å². The third kappa shape index (κ3) is 5.34. The summed E-state index contributed by atoms with van der Waals surface area (Å²) in [6.45, 7) is 5.58. The lowest BCUT2D eigenvalue weighted by atomic mass is 10.2. The quantitative estimate of drug-likeness (QED) is 0.777. The minimum absolute atomic E-state index is 0.258. The summed E-state index contributed by atoms with van der Waals surface area (Å²) in [7, 11) is 0. The normalized spacial score (nSPS) is 12.2. The largest absolute Gasteiger partial charge is 0.492 e. The Kier molecular flexibility index (Phi) is 6.09. The molecule has 0 aliphatic heterocycles. The van der Waals surface area contributed by atoms with E-state index in [-0.39, 0.29) is 6.04 Å². The van der Waals surface area contributed by atoms with Crippen molar-refractivity contribution in [3.8, 4) is 5.75 Å². The lowest BCUT2D eigenvalue weighted by molar-refractivity contribution is 0.272. The fraction of sp³-hybridized carbons (Fsp3) is 0.294. The van der Waals surface area contributed by atoms with Gasteiger partial charge >= 0.3 is 0 Å². The molecule has 2 aromatic carbocycles. The molecule has 1 atom stereocenters. The first-order valence-corrected chi connectivity index (χ1v) is 8.08. The summed E-state index contributed by atoms with van der Waals surface area (Å²) in [4.78, 5) is 0. The number of halogens is 2. The third-order valence-corrected chi connectivity index (χ3v) is 4.15. The van der Waals surface area contributed by atoms with Gasteiger partial charge in [-0.15, -0.1) is 0 Å². The smallest absolute Gasteiger partial charge is 0.119 e. The molecule has 2 rings (SSSR count). The van der Waals surface area contributed by atoms with Gasteiger partial charge in [0, 0.05) is 22.1 Å². The van der Waals surface area contributed by atoms with Gasteiger partial charge in [-0.1, -0.05) is 51.3 Å². The zero-order valence-corrected chi connectivity index (χ0v) is 14.5. The van der Waals surface area contributed by atoms with E-state index < -0.39 is 0 Å². The standard InChI is InChI=1S/C17H19BrClNO/c1-12-3-7-16(8-4-12)21-11-13(2)20-10-14-5-6-15(19)9-17(14)18/h3-9,13,20H,10-11H2,1-2H3. The topological polar surface area (TPSA) is 21.3 Å². The molecule has 1 unspecified atom stereocenters. The van der Waals surface area contributed by atoms with Crippen molar-refractivity contribution in [3.63, 3.8) is 0 Å². The highest BCUT2D eigenvalue weighted by atomic mass is 79.9. The number of aryl methyl sites for hydroxylation is 1. The van der Waals surface area contributed by atoms with Gasteiger partial charge in [0.1, 0.15) is 12.4 Å². The Morgan fingerprint density at radius 2 is 1.90 bits per heavy atom. The molecule has 0 saturated heterocycles. The van der Waals surface area contributed by atoms with Gasteiger partial charge in [0.05, 0.1) is 0 Å². The molecule has 0 aromatic heterocycles. The number of nitrogens with one attached hydrogen (secondary N) is 1. The predicted molar refractivity (Wildman–Crippen MR) is 92.1 cm³/mol. The molecule has 0 saturated carbocycles. The second-order valence-corrected chi connectivity index (χ2v) is 6.43. The van der Waals surface area contributed by atoms with E-state index in [0.29, 0.717) is 6.61 Å². The van der Waals surface area contributed by atoms with Crippen LogP contribution in [0.15, 0.2) is 46.9 Å². The molecule has 112 valence electrons. The summed E-state index contributed by atoms with van der Waals surface area (Å²) >= 11 is 9.46. The molecule has 0 amide bonds. The second-order valence-electron chi connectivity index (χ2n) is 5.14. The van der Waals surface area contributed by atoms with Crippen LogP contribution in [-0.2, 0) is 6.54 Å². The average Bonchev–Trinajstić information content (AvgIpc) is 2.46. The van der Waals surface area contributed by atoms with E-state index in [0.717, 1.165) is 21.8 Å². The van der Waals surface area contributed by atoms with Gasteiger partial charge in [0.2, 0.25) is 0 Å². The molecule has 0 radical (unpaired) electrons. The monoisotopic (exact) mass is 367 g/mol. The van der Waals surface area contributed by atoms with Gasteiger partial charge < -0.3 is 10.1 Å². The Labute approximate surface area is 139 Å². The van der Waals surface area contributed by atoms with Gasteiger partial charge in [-0.3, -0.25) is 0 Å². The molecule has 1 N–H and O–H groups in total. The van der Waals surface area contributed by atoms with Crippen LogP contribution >= 0.6 is 27.5 Å². The fourth-order valence-electron chi connectivity index (χ4n) is 1.86. The Morgan fingerprint density at radius 1 is 1.19 bits per heavy atom. The molecule has 0 fully saturated rings. The summed E-state index contributed by atoms with van der Waals surface area (Å²) in [5, 5.41) is 4.18. The van der Waals surface area contributed by atoms with E-state index in [2.05, 4.69) is 47.2 Å². The molecule has 2 nitrogen and oxygen atoms in total. The summed E-state index contributed by atoms with van der Waals surface area (Å²) in [6, 6.07) is 14.2. The van der Waals surface area contributed by atoms with Crippen LogP contribution in [0, 0.1) is 6.92 Å². The van der Waals surface area contributed by atoms with Crippen molar-refractivity contribution in [3.05, 3.63) is 63.1 Å². The molecule has 4 heteroatoms. The van der Waals surface area contributed by atoms with Crippen molar-refractivity contribution in [2.24, 2.45) is 0 Å². The first-order valence-electron chi connectivity index (χ1n) is 6.91. The molecule has 0 aliphatic carbocycles. The van der Waals surface area contributed by atoms with Gasteiger partial charge in [0.15, 0.2) is 0 Å². The van der Waals surface area contributed by atoms with Crippen molar-refractivity contribution in [2.45, 2.75) is 26.4 Å². The zero-order valence-electron chi connectivity index (χ0n) is 12.2. The van der Waals surface area contributed by atoms with Gasteiger partial charge in [-0.25, -0.2) is 0 Å². The van der Waals surface area contributed by atoms with Crippen molar-refractivity contribution < 1.29 is 4.74 Å². The van der Waals surface area contributed by atoms with E-state index >= 15 is 0 Å². The van der Waals surface area contributed by atoms with Crippen molar-refractivity contribution in [1.29, 1.82) is 0 Å². The maximum atomic E-state index is 5.94. The molecule has 0 bridgehead atoms. The first kappa shape index (κ1) is 16.3. The fourth-order valence-corrected chi connectivity index (χ4v) is 2.69. The van der Waals surface area contributed by atoms with E-state index in [4.69, 9.17) is 16.3 Å². The average molecular weight is 369 g/mol. The Hall–Kier alpha value is -1.03. The third-order valence-electron chi connectivity index (χ3n) is 3.18. The number of rotatable bonds is 6. The summed E-state index contributed by atoms with van der Waals surface area (Å²) in [5.41, 5.74) is 2.42. The van der Waals surface area contributed by atoms with Gasteiger partial charge in [0.25, 0.3) is 0 Å². The zero-order chi connectivity index (χ0) is 15.2. The van der Waals surface area contributed by atoms with Crippen LogP contribution in [0.5, 0.6) is 5.75 Å². The summed E-state index contributed by atoms with van der Waals surface area (Å²) < 4.78 is 6.79. The van der Waals surface area contributed by atoms with Crippen LogP contribution < -0.4 is 10.1 Å². The first-order chi connectivity index (χ1) is 10.0. The second kappa shape index (κ2) is 7.83. The Balaban J connectivity index is 1.79. The molecular weight excluding hydrogens is 350 g/mol. The number of hydrogen-bond donors (Lipinski definition) is 1. The number of ether oxygens (including phenoxy) is 1. The molecular formula is C17H19BrClNO. The SMILES string of the molecule is Cc1ccc(OCC(C)NCc2ccc(Cl)cc2Br)cc1. The molecule has 0 aliphatic rings. The van der Waals surface area contributed by atoms with Crippen LogP contribution in [0.3, 0.4) is 0 Å². The van der Waals surface area contributed by atoms with Crippen molar-refractivity contribution in [2.75, 3.05) is 6.61 Å². The lowest BCUT2D eigenvalue weighted by Gasteiger charge is -2.16. The van der Waals surface area contributed by atoms with E-state index in [1.54, 1.807) is 0 Å². The van der Waals surface area contributed by atoms with Crippen LogP contribution in [-0.4, -0.2) is 12.6 Å². The highest BCUT2D eigenvalue weighted by Gasteiger charge is 2.05. The van der Waals surface area contributed by atoms with Crippen molar-refractivity contribution >= 4 is 27.5 Å². The van der Waals surface area contributed by atoms with E-state index in [1.165, 1.54) is 11.1 Å². The highest BCUT2D eigenvalue weighted by Crippen LogP contribution is 2.21. The Bertz CT molecular complexity index is 586. The summed E-state index contributed by atoms with van der Waals surface area (Å²) in [5.74, 6) is 0.905. The molecule has 2 aromatic rings. The predicted octanol–water partition coefficient (Wildman–Crippen LogP) is 4.97. The van der Waals surface area contributed by atoms with Gasteiger partial charge in [-0.05, 0) is 43.7 Å². The molecule has 0 heterocycles. The van der Waals surface area contributed by atoms with Crippen molar-refractivity contribution in [1.82, 2.24) is 5.32 Å². The maximum Gasteiger partial charge on any atom is 0.119 e. The Morgan fingerprint density at radius 3 is 2.57 bits per heavy atom. The minimum atomic E-state index is 0.258. The lowest BCUT2D eigenvalue weighted by Crippen LogP contribution is -2.31. The number of hydrogen-bond acceptors (Lipinski definition) is 2. The number of benzene rings is 2. The highest BCUT2D eigenvalue weighted by molar-refractivity contribution is 9.10. The van der Waals surface area contributed by atoms with E-state index in [9.17, 15) is 0 Å².